The van der Waals surface area contributed by atoms with E-state index < -0.39 is 0 Å². The van der Waals surface area contributed by atoms with Crippen molar-refractivity contribution in [3.05, 3.63) is 12.2 Å². The molecule has 1 heterocycles. The van der Waals surface area contributed by atoms with Crippen molar-refractivity contribution >= 4 is 0 Å². The molecule has 102 valence electrons. The summed E-state index contributed by atoms with van der Waals surface area (Å²) in [5, 5.41) is 4.22. The number of aryl methyl sites for hydroxylation is 1. The minimum atomic E-state index is 0.204. The standard InChI is InChI=1S/C14H26N4/c1-4-18-13(16-10-17-18)9-12(15)11-7-5-6-8-14(11,2)3/h10-12H,4-9,15H2,1-3H3. The maximum absolute atomic E-state index is 6.46. The Hall–Kier alpha value is -0.900. The Balaban J connectivity index is 2.05. The highest BCUT2D eigenvalue weighted by atomic mass is 15.3. The van der Waals surface area contributed by atoms with Crippen molar-refractivity contribution in [3.8, 4) is 0 Å². The third-order valence-corrected chi connectivity index (χ3v) is 4.52. The van der Waals surface area contributed by atoms with E-state index in [1.54, 1.807) is 6.33 Å². The van der Waals surface area contributed by atoms with E-state index in [1.807, 2.05) is 4.68 Å². The van der Waals surface area contributed by atoms with Gasteiger partial charge in [0.15, 0.2) is 0 Å². The van der Waals surface area contributed by atoms with E-state index in [0.29, 0.717) is 11.3 Å². The molecule has 1 aromatic heterocycles. The van der Waals surface area contributed by atoms with Crippen LogP contribution in [-0.2, 0) is 13.0 Å². The summed E-state index contributed by atoms with van der Waals surface area (Å²) in [6.07, 6.45) is 7.71. The predicted molar refractivity (Wildman–Crippen MR) is 73.1 cm³/mol. The van der Waals surface area contributed by atoms with E-state index in [9.17, 15) is 0 Å². The summed E-state index contributed by atoms with van der Waals surface area (Å²) in [4.78, 5) is 4.34. The Morgan fingerprint density at radius 3 is 2.94 bits per heavy atom. The monoisotopic (exact) mass is 250 g/mol. The molecule has 0 aliphatic heterocycles. The fraction of sp³-hybridized carbons (Fsp3) is 0.857. The highest BCUT2D eigenvalue weighted by Gasteiger charge is 2.36. The van der Waals surface area contributed by atoms with E-state index >= 15 is 0 Å². The maximum Gasteiger partial charge on any atom is 0.138 e. The zero-order valence-corrected chi connectivity index (χ0v) is 11.9. The third-order valence-electron chi connectivity index (χ3n) is 4.52. The molecule has 1 saturated carbocycles. The number of nitrogens with two attached hydrogens (primary N) is 1. The first-order valence-corrected chi connectivity index (χ1v) is 7.17. The fourth-order valence-electron chi connectivity index (χ4n) is 3.38. The van der Waals surface area contributed by atoms with Gasteiger partial charge >= 0.3 is 0 Å². The molecule has 1 aromatic rings. The molecule has 0 bridgehead atoms. The molecule has 2 atom stereocenters. The number of rotatable bonds is 4. The van der Waals surface area contributed by atoms with E-state index in [4.69, 9.17) is 5.73 Å². The molecule has 2 N–H and O–H groups in total. The lowest BCUT2D eigenvalue weighted by Gasteiger charge is -2.42. The maximum atomic E-state index is 6.46. The zero-order chi connectivity index (χ0) is 13.2. The molecule has 1 aliphatic rings. The topological polar surface area (TPSA) is 56.7 Å². The quantitative estimate of drug-likeness (QED) is 0.892. The van der Waals surface area contributed by atoms with Gasteiger partial charge in [-0.1, -0.05) is 26.7 Å². The van der Waals surface area contributed by atoms with Gasteiger partial charge in [0, 0.05) is 19.0 Å². The van der Waals surface area contributed by atoms with Crippen molar-refractivity contribution in [1.29, 1.82) is 0 Å². The lowest BCUT2D eigenvalue weighted by atomic mass is 9.65. The van der Waals surface area contributed by atoms with Crippen molar-refractivity contribution in [1.82, 2.24) is 14.8 Å². The summed E-state index contributed by atoms with van der Waals surface area (Å²) in [6.45, 7) is 7.69. The summed E-state index contributed by atoms with van der Waals surface area (Å²) in [5.74, 6) is 1.64. The van der Waals surface area contributed by atoms with Crippen molar-refractivity contribution in [3.63, 3.8) is 0 Å². The zero-order valence-electron chi connectivity index (χ0n) is 11.9. The minimum absolute atomic E-state index is 0.204. The van der Waals surface area contributed by atoms with Crippen LogP contribution in [0, 0.1) is 11.3 Å². The smallest absolute Gasteiger partial charge is 0.138 e. The number of hydrogen-bond acceptors (Lipinski definition) is 3. The third kappa shape index (κ3) is 2.74. The average Bonchev–Trinajstić information content (AvgIpc) is 2.75. The summed E-state index contributed by atoms with van der Waals surface area (Å²) < 4.78 is 1.95. The Morgan fingerprint density at radius 1 is 1.50 bits per heavy atom. The second-order valence-corrected chi connectivity index (χ2v) is 6.20. The van der Waals surface area contributed by atoms with Gasteiger partial charge in [-0.2, -0.15) is 5.10 Å². The molecule has 18 heavy (non-hydrogen) atoms. The van der Waals surface area contributed by atoms with Gasteiger partial charge < -0.3 is 5.73 Å². The van der Waals surface area contributed by atoms with Crippen LogP contribution in [0.3, 0.4) is 0 Å². The molecular formula is C14H26N4. The summed E-state index contributed by atoms with van der Waals surface area (Å²) in [5.41, 5.74) is 6.83. The Labute approximate surface area is 110 Å². The van der Waals surface area contributed by atoms with Crippen LogP contribution in [0.5, 0.6) is 0 Å². The number of hydrogen-bond donors (Lipinski definition) is 1. The Bertz CT molecular complexity index is 383. The molecule has 1 aliphatic carbocycles. The summed E-state index contributed by atoms with van der Waals surface area (Å²) >= 11 is 0. The molecule has 0 spiro atoms. The van der Waals surface area contributed by atoms with Crippen molar-refractivity contribution in [2.45, 2.75) is 65.5 Å². The van der Waals surface area contributed by atoms with Crippen LogP contribution in [-0.4, -0.2) is 20.8 Å². The van der Waals surface area contributed by atoms with Gasteiger partial charge in [0.05, 0.1) is 0 Å². The van der Waals surface area contributed by atoms with Gasteiger partial charge in [-0.25, -0.2) is 4.98 Å². The summed E-state index contributed by atoms with van der Waals surface area (Å²) in [7, 11) is 0. The molecule has 0 radical (unpaired) electrons. The molecule has 2 unspecified atom stereocenters. The molecule has 0 aromatic carbocycles. The second kappa shape index (κ2) is 5.39. The fourth-order valence-corrected chi connectivity index (χ4v) is 3.38. The van der Waals surface area contributed by atoms with Crippen LogP contribution in [0.15, 0.2) is 6.33 Å². The second-order valence-electron chi connectivity index (χ2n) is 6.20. The van der Waals surface area contributed by atoms with Gasteiger partial charge in [0.1, 0.15) is 12.2 Å². The predicted octanol–water partition coefficient (Wildman–Crippen LogP) is 2.38. The molecule has 2 rings (SSSR count). The van der Waals surface area contributed by atoms with Crippen LogP contribution in [0.25, 0.3) is 0 Å². The normalized spacial score (nSPS) is 25.0. The van der Waals surface area contributed by atoms with Crippen LogP contribution < -0.4 is 5.73 Å². The van der Waals surface area contributed by atoms with Gasteiger partial charge in [-0.05, 0) is 31.1 Å². The molecule has 0 saturated heterocycles. The van der Waals surface area contributed by atoms with Crippen molar-refractivity contribution in [2.24, 2.45) is 17.1 Å². The van der Waals surface area contributed by atoms with E-state index in [0.717, 1.165) is 18.8 Å². The van der Waals surface area contributed by atoms with E-state index in [2.05, 4.69) is 30.9 Å². The van der Waals surface area contributed by atoms with Gasteiger partial charge in [-0.3, -0.25) is 4.68 Å². The molecule has 4 nitrogen and oxygen atoms in total. The van der Waals surface area contributed by atoms with Gasteiger partial charge in [-0.15, -0.1) is 0 Å². The van der Waals surface area contributed by atoms with E-state index in [-0.39, 0.29) is 6.04 Å². The van der Waals surface area contributed by atoms with Crippen LogP contribution in [0.1, 0.15) is 52.3 Å². The highest BCUT2D eigenvalue weighted by molar-refractivity contribution is 4.96. The van der Waals surface area contributed by atoms with Gasteiger partial charge in [0.25, 0.3) is 0 Å². The first kappa shape index (κ1) is 13.5. The molecule has 0 amide bonds. The lowest BCUT2D eigenvalue weighted by Crippen LogP contribution is -2.43. The Kier molecular flexibility index (Phi) is 4.05. The first-order chi connectivity index (χ1) is 8.54. The number of nitrogens with zero attached hydrogens (tertiary/aromatic N) is 3. The molecular weight excluding hydrogens is 224 g/mol. The van der Waals surface area contributed by atoms with E-state index in [1.165, 1.54) is 25.7 Å². The molecule has 1 fully saturated rings. The van der Waals surface area contributed by atoms with Crippen molar-refractivity contribution < 1.29 is 0 Å². The summed E-state index contributed by atoms with van der Waals surface area (Å²) in [6, 6.07) is 0.204. The number of aromatic nitrogens is 3. The lowest BCUT2D eigenvalue weighted by molar-refractivity contribution is 0.111. The highest BCUT2D eigenvalue weighted by Crippen LogP contribution is 2.42. The van der Waals surface area contributed by atoms with Crippen LogP contribution in [0.2, 0.25) is 0 Å². The van der Waals surface area contributed by atoms with Crippen molar-refractivity contribution in [2.75, 3.05) is 0 Å². The average molecular weight is 250 g/mol. The van der Waals surface area contributed by atoms with Gasteiger partial charge in [0.2, 0.25) is 0 Å². The minimum Gasteiger partial charge on any atom is -0.327 e. The molecule has 4 heteroatoms. The Morgan fingerprint density at radius 2 is 2.28 bits per heavy atom. The first-order valence-electron chi connectivity index (χ1n) is 7.17. The van der Waals surface area contributed by atoms with Crippen LogP contribution >= 0.6 is 0 Å². The largest absolute Gasteiger partial charge is 0.327 e. The SMILES string of the molecule is CCn1ncnc1CC(N)C1CCCCC1(C)C. The van der Waals surface area contributed by atoms with Crippen LogP contribution in [0.4, 0.5) is 0 Å².